The van der Waals surface area contributed by atoms with Crippen molar-refractivity contribution in [3.63, 3.8) is 0 Å². The maximum atomic E-state index is 13.2. The highest BCUT2D eigenvalue weighted by atomic mass is 32.2. The first-order valence-corrected chi connectivity index (χ1v) is 20.4. The minimum atomic E-state index is -4.99. The maximum Gasteiger partial charge on any atom is 0.407 e. The summed E-state index contributed by atoms with van der Waals surface area (Å²) in [5, 5.41) is 8.52. The summed E-state index contributed by atoms with van der Waals surface area (Å²) in [5.74, 6) is -0.905. The minimum Gasteiger partial charge on any atom is -0.453 e. The third kappa shape index (κ3) is 6.95. The van der Waals surface area contributed by atoms with Gasteiger partial charge in [0.2, 0.25) is 5.91 Å². The first kappa shape index (κ1) is 39.2. The molecule has 2 unspecified atom stereocenters. The number of allylic oxidation sites excluding steroid dienone is 1. The van der Waals surface area contributed by atoms with E-state index in [4.69, 9.17) is 9.47 Å². The van der Waals surface area contributed by atoms with Gasteiger partial charge in [-0.3, -0.25) is 18.9 Å². The summed E-state index contributed by atoms with van der Waals surface area (Å²) in [6, 6.07) is 7.31. The molecule has 3 aliphatic heterocycles. The van der Waals surface area contributed by atoms with E-state index in [0.29, 0.717) is 33.5 Å². The Morgan fingerprint density at radius 1 is 1.00 bits per heavy atom. The topological polar surface area (TPSA) is 210 Å². The number of alkyl carbamates (subject to hydrolysis) is 1. The van der Waals surface area contributed by atoms with Gasteiger partial charge in [0.05, 0.1) is 12.1 Å². The Morgan fingerprint density at radius 2 is 1.63 bits per heavy atom. The van der Waals surface area contributed by atoms with Crippen LogP contribution in [0.25, 0.3) is 5.57 Å². The van der Waals surface area contributed by atoms with E-state index in [1.807, 2.05) is 34.6 Å². The van der Waals surface area contributed by atoms with Gasteiger partial charge in [0.25, 0.3) is 20.2 Å². The fourth-order valence-corrected chi connectivity index (χ4v) is 8.85. The lowest BCUT2D eigenvalue weighted by atomic mass is 9.75. The van der Waals surface area contributed by atoms with Crippen molar-refractivity contribution in [2.45, 2.75) is 96.7 Å². The third-order valence-corrected chi connectivity index (χ3v) is 12.5. The van der Waals surface area contributed by atoms with Crippen LogP contribution in [-0.2, 0) is 41.6 Å². The molecule has 4 aliphatic rings. The van der Waals surface area contributed by atoms with Gasteiger partial charge in [0.1, 0.15) is 16.5 Å². The van der Waals surface area contributed by atoms with Crippen molar-refractivity contribution in [1.29, 1.82) is 0 Å². The van der Waals surface area contributed by atoms with E-state index in [2.05, 4.69) is 20.9 Å². The Labute approximate surface area is 315 Å². The second-order valence-electron chi connectivity index (χ2n) is 16.1. The van der Waals surface area contributed by atoms with E-state index in [0.717, 1.165) is 0 Å². The highest BCUT2D eigenvalue weighted by Gasteiger charge is 2.50. The molecule has 0 aromatic heterocycles. The van der Waals surface area contributed by atoms with Crippen LogP contribution in [0.4, 0.5) is 10.5 Å². The van der Waals surface area contributed by atoms with Crippen molar-refractivity contribution in [2.75, 3.05) is 18.4 Å². The molecule has 54 heavy (non-hydrogen) atoms. The highest BCUT2D eigenvalue weighted by Crippen LogP contribution is 2.57. The number of carbonyl (C=O) groups excluding carboxylic acids is 2. The average Bonchev–Trinajstić information content (AvgIpc) is 3.39. The minimum absolute atomic E-state index is 0.00503. The van der Waals surface area contributed by atoms with E-state index >= 15 is 0 Å². The van der Waals surface area contributed by atoms with E-state index in [1.54, 1.807) is 64.1 Å². The summed E-state index contributed by atoms with van der Waals surface area (Å²) in [7, 11) is -9.98. The number of anilines is 1. The molecule has 0 saturated heterocycles. The lowest BCUT2D eigenvalue weighted by Gasteiger charge is -2.34. The van der Waals surface area contributed by atoms with Crippen molar-refractivity contribution in [3.05, 3.63) is 80.5 Å². The lowest BCUT2D eigenvalue weighted by Crippen LogP contribution is -2.38. The van der Waals surface area contributed by atoms with Crippen LogP contribution in [0.2, 0.25) is 0 Å². The van der Waals surface area contributed by atoms with E-state index in [9.17, 15) is 35.5 Å². The van der Waals surface area contributed by atoms with Crippen LogP contribution in [-0.4, -0.2) is 74.4 Å². The SMILES string of the molecule is CC1=NC2C(=CC3=C(c4ccc(CC(=O)NCCNC(=O)OC(C)(C)C)cc4)c4cc5c(c(S(=O)(=O)O)c4OC3=C2S(=O)(=O)O)NC(C)C5(C)C)C1(C)C. The van der Waals surface area contributed by atoms with Crippen LogP contribution in [0.15, 0.2) is 68.1 Å². The smallest absolute Gasteiger partial charge is 0.407 e. The van der Waals surface area contributed by atoms with Gasteiger partial charge in [-0.25, -0.2) is 4.79 Å². The molecule has 2 amide bonds. The Morgan fingerprint density at radius 3 is 2.22 bits per heavy atom. The Balaban J connectivity index is 1.47. The summed E-state index contributed by atoms with van der Waals surface area (Å²) >= 11 is 0. The predicted octanol–water partition coefficient (Wildman–Crippen LogP) is 5.31. The van der Waals surface area contributed by atoms with Crippen molar-refractivity contribution >= 4 is 49.2 Å². The number of nitrogens with zero attached hydrogens (tertiary/aromatic N) is 1. The zero-order valence-corrected chi connectivity index (χ0v) is 33.3. The van der Waals surface area contributed by atoms with E-state index < -0.39 is 58.6 Å². The largest absolute Gasteiger partial charge is 0.453 e. The standard InChI is InChI=1S/C38H46N4O10S2/c1-19-37(6,7)25-17-23-28(22-12-10-21(11-13-22)16-27(43)39-14-15-40-35(44)52-36(3,4)5)24-18-26-30(42-20(2)38(26,8)9)34(54(48,49)50)32(24)51-31(23)33(29(25)41-19)53(45,46)47/h10-13,17-19,30,41H,14-16H2,1-9H3,(H,39,43)(H,40,44)(H,45,46,47)(H,48,49,50). The van der Waals surface area contributed by atoms with Crippen molar-refractivity contribution in [2.24, 2.45) is 10.4 Å². The molecule has 5 N–H and O–H groups in total. The molecule has 3 heterocycles. The average molecular weight is 783 g/mol. The molecule has 16 heteroatoms. The number of aliphatic imine (C=N–C) groups is 1. The van der Waals surface area contributed by atoms with Crippen molar-refractivity contribution in [1.82, 2.24) is 10.6 Å². The number of carbonyl (C=O) groups is 2. The van der Waals surface area contributed by atoms with Crippen molar-refractivity contribution < 1.29 is 45.0 Å². The molecular formula is C38H46N4O10S2. The highest BCUT2D eigenvalue weighted by molar-refractivity contribution is 7.90. The molecule has 0 bridgehead atoms. The summed E-state index contributed by atoms with van der Waals surface area (Å²) in [6.45, 7) is 16.9. The number of ether oxygens (including phenoxy) is 2. The summed E-state index contributed by atoms with van der Waals surface area (Å²) in [4.78, 5) is 28.2. The zero-order chi connectivity index (χ0) is 39.9. The first-order valence-electron chi connectivity index (χ1n) is 17.5. The van der Waals surface area contributed by atoms with Crippen LogP contribution >= 0.6 is 0 Å². The Kier molecular flexibility index (Phi) is 9.48. The number of benzene rings is 2. The molecule has 0 saturated carbocycles. The molecule has 2 aromatic carbocycles. The lowest BCUT2D eigenvalue weighted by molar-refractivity contribution is -0.120. The van der Waals surface area contributed by atoms with Crippen LogP contribution in [0.1, 0.15) is 84.6 Å². The molecule has 0 fully saturated rings. The Bertz CT molecular complexity index is 2330. The number of hydrogen-bond acceptors (Lipinski definition) is 10. The third-order valence-electron chi connectivity index (χ3n) is 10.6. The fourth-order valence-electron chi connectivity index (χ4n) is 7.19. The molecule has 0 spiro atoms. The van der Waals surface area contributed by atoms with Crippen molar-refractivity contribution in [3.8, 4) is 5.75 Å². The number of fused-ring (bicyclic) bond motifs is 4. The number of hydrogen-bond donors (Lipinski definition) is 5. The predicted molar refractivity (Wildman–Crippen MR) is 204 cm³/mol. The molecule has 2 aromatic rings. The van der Waals surface area contributed by atoms with Gasteiger partial charge in [-0.2, -0.15) is 16.8 Å². The van der Waals surface area contributed by atoms with Crippen LogP contribution in [0, 0.1) is 5.41 Å². The van der Waals surface area contributed by atoms with Crippen LogP contribution in [0.5, 0.6) is 5.75 Å². The molecule has 290 valence electrons. The number of rotatable bonds is 8. The van der Waals surface area contributed by atoms with Crippen LogP contribution in [0.3, 0.4) is 0 Å². The van der Waals surface area contributed by atoms with Gasteiger partial charge < -0.3 is 25.4 Å². The van der Waals surface area contributed by atoms with Gasteiger partial charge in [0, 0.05) is 52.4 Å². The summed E-state index contributed by atoms with van der Waals surface area (Å²) in [6.07, 6.45) is 1.20. The van der Waals surface area contributed by atoms with Crippen LogP contribution < -0.4 is 20.7 Å². The number of nitrogens with one attached hydrogen (secondary N) is 3. The molecule has 2 atom stereocenters. The van der Waals surface area contributed by atoms with Gasteiger partial charge in [0.15, 0.2) is 16.4 Å². The van der Waals surface area contributed by atoms with Gasteiger partial charge in [-0.15, -0.1) is 0 Å². The Hall–Kier alpha value is -4.51. The van der Waals surface area contributed by atoms with Gasteiger partial charge in [-0.1, -0.05) is 52.0 Å². The quantitative estimate of drug-likeness (QED) is 0.171. The van der Waals surface area contributed by atoms with Gasteiger partial charge >= 0.3 is 6.09 Å². The number of amides is 2. The van der Waals surface area contributed by atoms with Gasteiger partial charge in [-0.05, 0) is 69.0 Å². The summed E-state index contributed by atoms with van der Waals surface area (Å²) < 4.78 is 85.9. The molecule has 6 rings (SSSR count). The fraction of sp³-hybridized carbons (Fsp3) is 0.447. The summed E-state index contributed by atoms with van der Waals surface area (Å²) in [5.41, 5.74) is 2.10. The normalized spacial score (nSPS) is 21.1. The molecular weight excluding hydrogens is 737 g/mol. The second-order valence-corrected chi connectivity index (χ2v) is 18.9. The molecule has 14 nitrogen and oxygen atoms in total. The second kappa shape index (κ2) is 13.1. The maximum absolute atomic E-state index is 13.2. The zero-order valence-electron chi connectivity index (χ0n) is 31.7. The molecule has 0 radical (unpaired) electrons. The van der Waals surface area contributed by atoms with E-state index in [1.165, 1.54) is 0 Å². The first-order chi connectivity index (χ1) is 24.8. The van der Waals surface area contributed by atoms with E-state index in [-0.39, 0.29) is 59.8 Å². The monoisotopic (exact) mass is 782 g/mol. The molecule has 1 aliphatic carbocycles.